The van der Waals surface area contributed by atoms with E-state index in [-0.39, 0.29) is 12.5 Å². The summed E-state index contributed by atoms with van der Waals surface area (Å²) in [5, 5.41) is 54.7. The van der Waals surface area contributed by atoms with Gasteiger partial charge in [0.05, 0.1) is 25.4 Å². The molecule has 1 heterocycles. The number of carbonyl (C=O) groups is 1. The quantitative estimate of drug-likeness (QED) is 0.0330. The van der Waals surface area contributed by atoms with Crippen molar-refractivity contribution in [3.8, 4) is 0 Å². The van der Waals surface area contributed by atoms with Crippen LogP contribution in [0.4, 0.5) is 0 Å². The number of carbonyl (C=O) groups excluding carboxylic acids is 1. The lowest BCUT2D eigenvalue weighted by atomic mass is 9.99. The van der Waals surface area contributed by atoms with Gasteiger partial charge in [0.2, 0.25) is 5.91 Å². The number of nitrogens with one attached hydrogen (secondary N) is 1. The van der Waals surface area contributed by atoms with Crippen LogP contribution in [-0.2, 0) is 14.3 Å². The highest BCUT2D eigenvalue weighted by Crippen LogP contribution is 2.23. The van der Waals surface area contributed by atoms with Crippen molar-refractivity contribution < 1.29 is 39.8 Å². The highest BCUT2D eigenvalue weighted by atomic mass is 16.7. The lowest BCUT2D eigenvalue weighted by Crippen LogP contribution is -2.60. The molecule has 0 aromatic rings. The van der Waals surface area contributed by atoms with Crippen molar-refractivity contribution in [1.82, 2.24) is 5.32 Å². The van der Waals surface area contributed by atoms with Crippen molar-refractivity contribution >= 4 is 5.91 Å². The lowest BCUT2D eigenvalue weighted by Gasteiger charge is -2.40. The molecule has 7 unspecified atom stereocenters. The third-order valence-corrected chi connectivity index (χ3v) is 14.5. The first-order valence-corrected chi connectivity index (χ1v) is 29.2. The molecule has 0 aliphatic carbocycles. The van der Waals surface area contributed by atoms with Gasteiger partial charge in [-0.15, -0.1) is 0 Å². The summed E-state index contributed by atoms with van der Waals surface area (Å²) in [4.78, 5) is 13.1. The summed E-state index contributed by atoms with van der Waals surface area (Å²) in [6, 6.07) is -0.713. The van der Waals surface area contributed by atoms with Crippen LogP contribution < -0.4 is 5.32 Å². The number of ether oxygens (including phenoxy) is 2. The minimum atomic E-state index is -1.55. The third kappa shape index (κ3) is 37.1. The normalized spacial score (nSPS) is 19.7. The van der Waals surface area contributed by atoms with Crippen LogP contribution in [0, 0.1) is 0 Å². The molecule has 66 heavy (non-hydrogen) atoms. The topological polar surface area (TPSA) is 149 Å². The molecule has 394 valence electrons. The molecule has 0 radical (unpaired) electrons. The summed E-state index contributed by atoms with van der Waals surface area (Å²) in [5.74, 6) is -0.136. The van der Waals surface area contributed by atoms with E-state index in [0.29, 0.717) is 12.8 Å². The maximum Gasteiger partial charge on any atom is 0.220 e. The fraction of sp³-hybridized carbons (Fsp3) is 0.982. The van der Waals surface area contributed by atoms with Crippen molar-refractivity contribution in [2.75, 3.05) is 13.2 Å². The number of unbranched alkanes of at least 4 members (excludes halogenated alkanes) is 41. The zero-order valence-electron chi connectivity index (χ0n) is 43.7. The second-order valence-corrected chi connectivity index (χ2v) is 20.8. The van der Waals surface area contributed by atoms with E-state index in [9.17, 15) is 30.3 Å². The Morgan fingerprint density at radius 2 is 0.758 bits per heavy atom. The van der Waals surface area contributed by atoms with E-state index in [2.05, 4.69) is 19.2 Å². The van der Waals surface area contributed by atoms with Crippen LogP contribution in [0.1, 0.15) is 303 Å². The van der Waals surface area contributed by atoms with Crippen LogP contribution >= 0.6 is 0 Å². The molecule has 0 saturated carbocycles. The Labute approximate surface area is 408 Å². The molecule has 0 aromatic heterocycles. The number of aliphatic hydroxyl groups excluding tert-OH is 5. The van der Waals surface area contributed by atoms with Crippen LogP contribution in [0.15, 0.2) is 0 Å². The molecule has 1 saturated heterocycles. The summed E-state index contributed by atoms with van der Waals surface area (Å²) in [5.41, 5.74) is 0. The Morgan fingerprint density at radius 1 is 0.455 bits per heavy atom. The van der Waals surface area contributed by atoms with Crippen LogP contribution in [-0.4, -0.2) is 87.5 Å². The molecule has 1 fully saturated rings. The predicted octanol–water partition coefficient (Wildman–Crippen LogP) is 14.2. The van der Waals surface area contributed by atoms with Crippen LogP contribution in [0.3, 0.4) is 0 Å². The summed E-state index contributed by atoms with van der Waals surface area (Å²) in [6.45, 7) is 3.89. The Balaban J connectivity index is 2.19. The second kappa shape index (κ2) is 47.8. The van der Waals surface area contributed by atoms with Gasteiger partial charge in [0, 0.05) is 6.42 Å². The molecule has 0 bridgehead atoms. The summed E-state index contributed by atoms with van der Waals surface area (Å²) >= 11 is 0. The van der Waals surface area contributed by atoms with Crippen molar-refractivity contribution in [3.63, 3.8) is 0 Å². The van der Waals surface area contributed by atoms with Gasteiger partial charge < -0.3 is 40.3 Å². The van der Waals surface area contributed by atoms with Gasteiger partial charge in [0.25, 0.3) is 0 Å². The van der Waals surface area contributed by atoms with E-state index in [1.807, 2.05) is 0 Å². The van der Waals surface area contributed by atoms with Gasteiger partial charge in [-0.3, -0.25) is 4.79 Å². The first kappa shape index (κ1) is 63.2. The van der Waals surface area contributed by atoms with Gasteiger partial charge in [-0.2, -0.15) is 0 Å². The first-order chi connectivity index (χ1) is 32.3. The van der Waals surface area contributed by atoms with Crippen molar-refractivity contribution in [2.45, 2.75) is 346 Å². The van der Waals surface area contributed by atoms with Crippen molar-refractivity contribution in [2.24, 2.45) is 0 Å². The molecular weight excluding hydrogens is 827 g/mol. The van der Waals surface area contributed by atoms with E-state index in [0.717, 1.165) is 38.5 Å². The van der Waals surface area contributed by atoms with E-state index < -0.39 is 49.5 Å². The van der Waals surface area contributed by atoms with Gasteiger partial charge in [0.1, 0.15) is 24.4 Å². The van der Waals surface area contributed by atoms with Gasteiger partial charge in [0.15, 0.2) is 6.29 Å². The molecule has 9 nitrogen and oxygen atoms in total. The Kier molecular flexibility index (Phi) is 45.8. The number of hydrogen-bond acceptors (Lipinski definition) is 8. The zero-order chi connectivity index (χ0) is 48.0. The molecule has 1 amide bonds. The highest BCUT2D eigenvalue weighted by Gasteiger charge is 2.44. The van der Waals surface area contributed by atoms with Crippen molar-refractivity contribution in [1.29, 1.82) is 0 Å². The van der Waals surface area contributed by atoms with E-state index in [1.165, 1.54) is 238 Å². The second-order valence-electron chi connectivity index (χ2n) is 20.8. The van der Waals surface area contributed by atoms with Crippen LogP contribution in [0.5, 0.6) is 0 Å². The first-order valence-electron chi connectivity index (χ1n) is 29.2. The minimum absolute atomic E-state index is 0.131. The fourth-order valence-electron chi connectivity index (χ4n) is 9.81. The molecule has 0 aromatic carbocycles. The third-order valence-electron chi connectivity index (χ3n) is 14.5. The Bertz CT molecular complexity index is 1000. The number of hydrogen-bond donors (Lipinski definition) is 6. The van der Waals surface area contributed by atoms with E-state index in [4.69, 9.17) is 9.47 Å². The van der Waals surface area contributed by atoms with Gasteiger partial charge in [-0.1, -0.05) is 284 Å². The fourth-order valence-corrected chi connectivity index (χ4v) is 9.81. The molecule has 9 heteroatoms. The van der Waals surface area contributed by atoms with Crippen LogP contribution in [0.25, 0.3) is 0 Å². The average Bonchev–Trinajstić information content (AvgIpc) is 3.32. The van der Waals surface area contributed by atoms with E-state index in [1.54, 1.807) is 0 Å². The molecule has 7 atom stereocenters. The Morgan fingerprint density at radius 3 is 1.08 bits per heavy atom. The van der Waals surface area contributed by atoms with Gasteiger partial charge in [-0.05, 0) is 12.8 Å². The Hall–Kier alpha value is -0.810. The average molecular weight is 941 g/mol. The SMILES string of the molecule is CCCCCCCCCCCCCCCCCCCCCCCCC(=O)NC(COC1OC(CO)C(O)C(O)C1O)C(O)CCCCCCCCCCCCCCCCCCCCCCC. The molecule has 6 N–H and O–H groups in total. The number of aliphatic hydroxyl groups is 5. The monoisotopic (exact) mass is 940 g/mol. The molecule has 1 rings (SSSR count). The number of amides is 1. The minimum Gasteiger partial charge on any atom is -0.394 e. The summed E-state index contributed by atoms with van der Waals surface area (Å²) in [6.07, 6.45) is 49.9. The summed E-state index contributed by atoms with van der Waals surface area (Å²) < 4.78 is 11.3. The predicted molar refractivity (Wildman–Crippen MR) is 277 cm³/mol. The van der Waals surface area contributed by atoms with Crippen molar-refractivity contribution in [3.05, 3.63) is 0 Å². The largest absolute Gasteiger partial charge is 0.394 e. The highest BCUT2D eigenvalue weighted by molar-refractivity contribution is 5.76. The maximum atomic E-state index is 13.1. The maximum absolute atomic E-state index is 13.1. The molecule has 1 aliphatic heterocycles. The lowest BCUT2D eigenvalue weighted by molar-refractivity contribution is -0.302. The smallest absolute Gasteiger partial charge is 0.220 e. The van der Waals surface area contributed by atoms with E-state index >= 15 is 0 Å². The zero-order valence-corrected chi connectivity index (χ0v) is 43.7. The molecular formula is C57H113NO8. The molecule has 1 aliphatic rings. The van der Waals surface area contributed by atoms with Crippen LogP contribution in [0.2, 0.25) is 0 Å². The van der Waals surface area contributed by atoms with Gasteiger partial charge >= 0.3 is 0 Å². The standard InChI is InChI=1S/C57H113NO8/c1-3-5-7-9-11-13-15-17-19-21-23-25-27-29-31-33-35-37-39-41-43-45-47-53(61)58-50(49-65-57-56(64)55(63)54(62)52(48-59)66-57)51(60)46-44-42-40-38-36-34-32-30-28-26-24-22-20-18-16-14-12-10-8-6-4-2/h50-52,54-57,59-60,62-64H,3-49H2,1-2H3,(H,58,61). The summed E-state index contributed by atoms with van der Waals surface area (Å²) in [7, 11) is 0. The number of rotatable bonds is 51. The molecule has 0 spiro atoms. The van der Waals surface area contributed by atoms with Gasteiger partial charge in [-0.25, -0.2) is 0 Å².